The lowest BCUT2D eigenvalue weighted by atomic mass is 10.2. The van der Waals surface area contributed by atoms with Crippen LogP contribution in [0.25, 0.3) is 10.9 Å². The lowest BCUT2D eigenvalue weighted by Gasteiger charge is -2.20. The van der Waals surface area contributed by atoms with Crippen molar-refractivity contribution in [2.45, 2.75) is 18.7 Å². The predicted octanol–water partition coefficient (Wildman–Crippen LogP) is 2.27. The molecule has 1 aromatic carbocycles. The Bertz CT molecular complexity index is 709. The van der Waals surface area contributed by atoms with Crippen LogP contribution >= 0.6 is 0 Å². The van der Waals surface area contributed by atoms with Gasteiger partial charge in [-0.15, -0.1) is 0 Å². The van der Waals surface area contributed by atoms with Gasteiger partial charge in [-0.25, -0.2) is 8.42 Å². The summed E-state index contributed by atoms with van der Waals surface area (Å²) in [6.07, 6.45) is 1.59. The first kappa shape index (κ1) is 14.7. The smallest absolute Gasteiger partial charge is 0.248 e. The number of benzene rings is 1. The number of sulfonamides is 1. The Labute approximate surface area is 119 Å². The normalized spacial score (nSPS) is 12.0. The van der Waals surface area contributed by atoms with Crippen molar-refractivity contribution in [3.05, 3.63) is 30.5 Å². The van der Waals surface area contributed by atoms with Gasteiger partial charge in [0, 0.05) is 24.7 Å². The van der Waals surface area contributed by atoms with Gasteiger partial charge in [0.1, 0.15) is 5.75 Å². The van der Waals surface area contributed by atoms with Crippen molar-refractivity contribution >= 4 is 20.9 Å². The lowest BCUT2D eigenvalue weighted by Crippen LogP contribution is -2.31. The topological polar surface area (TPSA) is 59.5 Å². The molecule has 0 saturated heterocycles. The number of ether oxygens (including phenoxy) is 1. The van der Waals surface area contributed by atoms with Gasteiger partial charge in [-0.3, -0.25) is 4.98 Å². The predicted molar refractivity (Wildman–Crippen MR) is 78.4 cm³/mol. The first-order valence-corrected chi connectivity index (χ1v) is 7.92. The molecular weight excluding hydrogens is 276 g/mol. The fraction of sp³-hybridized carbons (Fsp3) is 0.357. The molecule has 1 heterocycles. The van der Waals surface area contributed by atoms with Crippen LogP contribution in [-0.4, -0.2) is 37.9 Å². The fourth-order valence-electron chi connectivity index (χ4n) is 2.20. The zero-order valence-electron chi connectivity index (χ0n) is 11.8. The van der Waals surface area contributed by atoms with Crippen LogP contribution in [0.2, 0.25) is 0 Å². The zero-order valence-corrected chi connectivity index (χ0v) is 12.6. The monoisotopic (exact) mass is 294 g/mol. The Morgan fingerprint density at radius 3 is 2.50 bits per heavy atom. The first-order valence-electron chi connectivity index (χ1n) is 6.48. The maximum atomic E-state index is 12.8. The molecule has 2 aromatic rings. The summed E-state index contributed by atoms with van der Waals surface area (Å²) in [4.78, 5) is 4.36. The third kappa shape index (κ3) is 2.36. The van der Waals surface area contributed by atoms with Crippen molar-refractivity contribution in [3.8, 4) is 5.75 Å². The van der Waals surface area contributed by atoms with Crippen LogP contribution in [-0.2, 0) is 10.0 Å². The van der Waals surface area contributed by atoms with Crippen molar-refractivity contribution < 1.29 is 13.2 Å². The van der Waals surface area contributed by atoms with Gasteiger partial charge in [-0.1, -0.05) is 19.9 Å². The number of aromatic nitrogens is 1. The molecule has 0 unspecified atom stereocenters. The second kappa shape index (κ2) is 5.76. The van der Waals surface area contributed by atoms with Gasteiger partial charge in [0.25, 0.3) is 0 Å². The summed E-state index contributed by atoms with van der Waals surface area (Å²) in [7, 11) is -2.16. The quantitative estimate of drug-likeness (QED) is 0.849. The molecule has 6 heteroatoms. The Kier molecular flexibility index (Phi) is 4.25. The molecule has 0 saturated carbocycles. The minimum absolute atomic E-state index is 0.141. The minimum Gasteiger partial charge on any atom is -0.495 e. The number of rotatable bonds is 5. The third-order valence-corrected chi connectivity index (χ3v) is 5.32. The summed E-state index contributed by atoms with van der Waals surface area (Å²) in [6.45, 7) is 4.44. The van der Waals surface area contributed by atoms with Crippen molar-refractivity contribution in [1.29, 1.82) is 0 Å². The van der Waals surface area contributed by atoms with E-state index in [0.29, 0.717) is 24.4 Å². The van der Waals surface area contributed by atoms with Gasteiger partial charge in [0.2, 0.25) is 10.0 Å². The van der Waals surface area contributed by atoms with E-state index >= 15 is 0 Å². The van der Waals surface area contributed by atoms with Crippen LogP contribution in [0.1, 0.15) is 13.8 Å². The molecule has 0 radical (unpaired) electrons. The Hall–Kier alpha value is -1.66. The van der Waals surface area contributed by atoms with E-state index in [-0.39, 0.29) is 4.90 Å². The van der Waals surface area contributed by atoms with Crippen molar-refractivity contribution in [2.75, 3.05) is 20.2 Å². The Morgan fingerprint density at radius 1 is 1.20 bits per heavy atom. The van der Waals surface area contributed by atoms with Gasteiger partial charge in [-0.05, 0) is 18.2 Å². The number of hydrogen-bond donors (Lipinski definition) is 0. The number of fused-ring (bicyclic) bond motifs is 1. The van der Waals surface area contributed by atoms with Gasteiger partial charge in [0.05, 0.1) is 12.6 Å². The molecule has 108 valence electrons. The van der Waals surface area contributed by atoms with Crippen LogP contribution in [0.5, 0.6) is 5.75 Å². The fourth-order valence-corrected chi connectivity index (χ4v) is 3.96. The van der Waals surface area contributed by atoms with E-state index in [0.717, 1.165) is 5.39 Å². The van der Waals surface area contributed by atoms with Gasteiger partial charge < -0.3 is 4.74 Å². The van der Waals surface area contributed by atoms with E-state index in [1.54, 1.807) is 18.3 Å². The van der Waals surface area contributed by atoms with Gasteiger partial charge in [0.15, 0.2) is 4.90 Å². The molecule has 0 atom stereocenters. The molecule has 0 N–H and O–H groups in total. The van der Waals surface area contributed by atoms with E-state index in [1.165, 1.54) is 11.4 Å². The molecule has 0 amide bonds. The van der Waals surface area contributed by atoms with Gasteiger partial charge in [-0.2, -0.15) is 4.31 Å². The van der Waals surface area contributed by atoms with E-state index in [9.17, 15) is 8.42 Å². The van der Waals surface area contributed by atoms with Crippen LogP contribution < -0.4 is 4.74 Å². The summed E-state index contributed by atoms with van der Waals surface area (Å²) < 4.78 is 32.2. The highest BCUT2D eigenvalue weighted by Crippen LogP contribution is 2.32. The summed E-state index contributed by atoms with van der Waals surface area (Å²) >= 11 is 0. The number of hydrogen-bond acceptors (Lipinski definition) is 4. The summed E-state index contributed by atoms with van der Waals surface area (Å²) in [6, 6.07) is 7.09. The zero-order chi connectivity index (χ0) is 14.8. The highest BCUT2D eigenvalue weighted by molar-refractivity contribution is 7.89. The number of methoxy groups -OCH3 is 1. The van der Waals surface area contributed by atoms with Crippen LogP contribution in [0.15, 0.2) is 35.4 Å². The average molecular weight is 294 g/mol. The van der Waals surface area contributed by atoms with Crippen LogP contribution in [0, 0.1) is 0 Å². The third-order valence-electron chi connectivity index (χ3n) is 3.22. The van der Waals surface area contributed by atoms with Crippen molar-refractivity contribution in [1.82, 2.24) is 9.29 Å². The highest BCUT2D eigenvalue weighted by Gasteiger charge is 2.28. The van der Waals surface area contributed by atoms with E-state index in [1.807, 2.05) is 26.0 Å². The molecule has 0 bridgehead atoms. The molecule has 0 spiro atoms. The maximum absolute atomic E-state index is 12.8. The molecular formula is C14H18N2O3S. The number of nitrogens with zero attached hydrogens (tertiary/aromatic N) is 2. The second-order valence-corrected chi connectivity index (χ2v) is 6.14. The maximum Gasteiger partial charge on any atom is 0.248 e. The summed E-state index contributed by atoms with van der Waals surface area (Å²) in [5.41, 5.74) is 0.443. The number of pyridine rings is 1. The minimum atomic E-state index is -3.62. The molecule has 2 rings (SSSR count). The molecule has 0 fully saturated rings. The van der Waals surface area contributed by atoms with Crippen molar-refractivity contribution in [2.24, 2.45) is 0 Å². The van der Waals surface area contributed by atoms with Crippen LogP contribution in [0.4, 0.5) is 0 Å². The molecule has 1 aromatic heterocycles. The highest BCUT2D eigenvalue weighted by atomic mass is 32.2. The SMILES string of the molecule is CCN(CC)S(=O)(=O)c1c(OC)ccc2cccnc12. The van der Waals surface area contributed by atoms with Crippen LogP contribution in [0.3, 0.4) is 0 Å². The summed E-state index contributed by atoms with van der Waals surface area (Å²) in [5, 5.41) is 0.777. The second-order valence-electron chi connectivity index (χ2n) is 4.26. The van der Waals surface area contributed by atoms with Crippen molar-refractivity contribution in [3.63, 3.8) is 0 Å². The Balaban J connectivity index is 2.81. The largest absolute Gasteiger partial charge is 0.495 e. The molecule has 20 heavy (non-hydrogen) atoms. The molecule has 0 aliphatic carbocycles. The molecule has 0 aliphatic rings. The molecule has 5 nitrogen and oxygen atoms in total. The lowest BCUT2D eigenvalue weighted by molar-refractivity contribution is 0.397. The standard InChI is InChI=1S/C14H18N2O3S/c1-4-16(5-2)20(17,18)14-12(19-3)9-8-11-7-6-10-15-13(11)14/h6-10H,4-5H2,1-3H3. The van der Waals surface area contributed by atoms with E-state index in [4.69, 9.17) is 4.74 Å². The van der Waals surface area contributed by atoms with E-state index in [2.05, 4.69) is 4.98 Å². The summed E-state index contributed by atoms with van der Waals surface area (Å²) in [5.74, 6) is 0.322. The Morgan fingerprint density at radius 2 is 1.90 bits per heavy atom. The average Bonchev–Trinajstić information content (AvgIpc) is 2.46. The van der Waals surface area contributed by atoms with E-state index < -0.39 is 10.0 Å². The van der Waals surface area contributed by atoms with Gasteiger partial charge >= 0.3 is 0 Å². The molecule has 0 aliphatic heterocycles. The first-order chi connectivity index (χ1) is 9.56.